The van der Waals surface area contributed by atoms with Crippen molar-refractivity contribution in [1.29, 1.82) is 0 Å². The second-order valence-corrected chi connectivity index (χ2v) is 16.7. The molecule has 2 aliphatic carbocycles. The second-order valence-electron chi connectivity index (χ2n) is 16.7. The van der Waals surface area contributed by atoms with Crippen LogP contribution in [0.3, 0.4) is 0 Å². The molecule has 5 fully saturated rings. The number of aromatic nitrogens is 5. The van der Waals surface area contributed by atoms with Crippen LogP contribution in [0, 0.1) is 28.5 Å². The molecule has 2 saturated carbocycles. The summed E-state index contributed by atoms with van der Waals surface area (Å²) in [6, 6.07) is 5.05. The van der Waals surface area contributed by atoms with Gasteiger partial charge in [0, 0.05) is 79.4 Å². The van der Waals surface area contributed by atoms with Crippen molar-refractivity contribution in [1.82, 2.24) is 34.9 Å². The van der Waals surface area contributed by atoms with Gasteiger partial charge in [0.25, 0.3) is 5.88 Å². The summed E-state index contributed by atoms with van der Waals surface area (Å²) in [7, 11) is 0. The molecule has 3 aliphatic heterocycles. The normalized spacial score (nSPS) is 22.2. The fourth-order valence-corrected chi connectivity index (χ4v) is 9.11. The van der Waals surface area contributed by atoms with Crippen LogP contribution in [0.15, 0.2) is 37.1 Å². The molecule has 5 aliphatic rings. The fraction of sp³-hybridized carbons (Fsp3) is 0.622. The van der Waals surface area contributed by atoms with Crippen molar-refractivity contribution < 1.29 is 18.7 Å². The summed E-state index contributed by atoms with van der Waals surface area (Å²) in [4.78, 5) is 32.8. The summed E-state index contributed by atoms with van der Waals surface area (Å²) in [5, 5.41) is 8.42. The number of hydrogen-bond acceptors (Lipinski definition) is 10. The molecule has 1 amide bonds. The Kier molecular flexibility index (Phi) is 7.81. The molecular weight excluding hydrogens is 623 g/mol. The average molecular weight is 671 g/mol. The first kappa shape index (κ1) is 32.3. The summed E-state index contributed by atoms with van der Waals surface area (Å²) in [5.74, 6) is 2.67. The quantitative estimate of drug-likeness (QED) is 0.270. The summed E-state index contributed by atoms with van der Waals surface area (Å²) in [6.45, 7) is 16.0. The Morgan fingerprint density at radius 2 is 1.78 bits per heavy atom. The van der Waals surface area contributed by atoms with Crippen LogP contribution >= 0.6 is 0 Å². The molecule has 11 nitrogen and oxygen atoms in total. The number of halogens is 1. The number of carbonyl (C=O) groups is 1. The lowest BCUT2D eigenvalue weighted by atomic mass is 9.54. The summed E-state index contributed by atoms with van der Waals surface area (Å²) < 4.78 is 26.6. The van der Waals surface area contributed by atoms with Crippen LogP contribution in [-0.4, -0.2) is 92.0 Å². The molecule has 3 saturated heterocycles. The third kappa shape index (κ3) is 6.21. The standard InChI is InChI=1S/C37H47FN8O3/c1-23(2)31(25-13-37(14-25)19-46(20-37)34(47)49-35(3,4)5)45-17-36(18-45)10-11-44(16-36)32-33(43-42-22-41-32)48-29-9-8-26(38)12-27(29)28-15-39-21-40-30(28)24-6-7-24/h8-9,12,15,21-25,31H,6-7,10-11,13-14,16-20H2,1-5H3. The first-order valence-electron chi connectivity index (χ1n) is 17.8. The topological polar surface area (TPSA) is 110 Å². The Morgan fingerprint density at radius 3 is 2.49 bits per heavy atom. The van der Waals surface area contributed by atoms with Gasteiger partial charge in [0.2, 0.25) is 0 Å². The lowest BCUT2D eigenvalue weighted by molar-refractivity contribution is -0.140. The predicted octanol–water partition coefficient (Wildman–Crippen LogP) is 6.32. The van der Waals surface area contributed by atoms with Crippen molar-refractivity contribution >= 4 is 11.9 Å². The van der Waals surface area contributed by atoms with E-state index in [4.69, 9.17) is 9.47 Å². The summed E-state index contributed by atoms with van der Waals surface area (Å²) >= 11 is 0. The van der Waals surface area contributed by atoms with Crippen molar-refractivity contribution in [3.8, 4) is 22.8 Å². The Bertz CT molecular complexity index is 1720. The number of anilines is 1. The summed E-state index contributed by atoms with van der Waals surface area (Å²) in [6.07, 6.45) is 10.1. The van der Waals surface area contributed by atoms with Crippen molar-refractivity contribution in [2.45, 2.75) is 84.3 Å². The van der Waals surface area contributed by atoms with Crippen molar-refractivity contribution in [3.63, 3.8) is 0 Å². The van der Waals surface area contributed by atoms with Gasteiger partial charge in [-0.1, -0.05) is 13.8 Å². The molecule has 2 spiro atoms. The zero-order valence-corrected chi connectivity index (χ0v) is 29.2. The van der Waals surface area contributed by atoms with Gasteiger partial charge in [-0.15, -0.1) is 10.2 Å². The Hall–Kier alpha value is -3.93. The van der Waals surface area contributed by atoms with Crippen LogP contribution in [0.4, 0.5) is 15.0 Å². The van der Waals surface area contributed by atoms with Gasteiger partial charge in [-0.05, 0) is 82.9 Å². The Labute approximate surface area is 287 Å². The average Bonchev–Trinajstić information content (AvgIpc) is 3.75. The van der Waals surface area contributed by atoms with E-state index < -0.39 is 5.60 Å². The zero-order valence-electron chi connectivity index (χ0n) is 29.2. The van der Waals surface area contributed by atoms with Gasteiger partial charge >= 0.3 is 6.09 Å². The van der Waals surface area contributed by atoms with E-state index in [1.807, 2.05) is 25.7 Å². The molecule has 3 aromatic rings. The minimum atomic E-state index is -0.462. The molecule has 2 aromatic heterocycles. The highest BCUT2D eigenvalue weighted by atomic mass is 19.1. The van der Waals surface area contributed by atoms with Gasteiger partial charge < -0.3 is 19.3 Å². The molecular formula is C37H47FN8O3. The Balaban J connectivity index is 0.916. The molecule has 1 aromatic carbocycles. The third-order valence-electron chi connectivity index (χ3n) is 11.2. The van der Waals surface area contributed by atoms with Crippen molar-refractivity contribution in [2.24, 2.45) is 22.7 Å². The van der Waals surface area contributed by atoms with Gasteiger partial charge in [-0.2, -0.15) is 0 Å². The number of likely N-dealkylation sites (tertiary alicyclic amines) is 2. The van der Waals surface area contributed by atoms with E-state index in [1.165, 1.54) is 31.3 Å². The largest absolute Gasteiger partial charge is 0.444 e. The maximum Gasteiger partial charge on any atom is 0.410 e. The lowest BCUT2D eigenvalue weighted by Crippen LogP contribution is -2.69. The second kappa shape index (κ2) is 11.8. The van der Waals surface area contributed by atoms with Crippen LogP contribution in [0.5, 0.6) is 11.6 Å². The number of nitrogens with zero attached hydrogens (tertiary/aromatic N) is 8. The van der Waals surface area contributed by atoms with Crippen LogP contribution in [0.25, 0.3) is 11.1 Å². The van der Waals surface area contributed by atoms with Gasteiger partial charge in [0.05, 0.1) is 5.69 Å². The van der Waals surface area contributed by atoms with E-state index >= 15 is 0 Å². The van der Waals surface area contributed by atoms with Crippen molar-refractivity contribution in [3.05, 3.63) is 48.6 Å². The first-order valence-corrected chi connectivity index (χ1v) is 17.8. The Morgan fingerprint density at radius 1 is 1.00 bits per heavy atom. The number of amides is 1. The van der Waals surface area contributed by atoms with Gasteiger partial charge in [-0.25, -0.2) is 24.1 Å². The van der Waals surface area contributed by atoms with E-state index in [-0.39, 0.29) is 22.7 Å². The van der Waals surface area contributed by atoms with E-state index in [1.54, 1.807) is 18.6 Å². The van der Waals surface area contributed by atoms with E-state index in [2.05, 4.69) is 48.8 Å². The van der Waals surface area contributed by atoms with Gasteiger partial charge in [0.15, 0.2) is 5.82 Å². The first-order chi connectivity index (χ1) is 23.4. The zero-order chi connectivity index (χ0) is 34.1. The van der Waals surface area contributed by atoms with Gasteiger partial charge in [0.1, 0.15) is 29.8 Å². The summed E-state index contributed by atoms with van der Waals surface area (Å²) in [5.41, 5.74) is 2.31. The molecule has 1 unspecified atom stereocenters. The van der Waals surface area contributed by atoms with Crippen LogP contribution in [-0.2, 0) is 4.74 Å². The maximum absolute atomic E-state index is 14.6. The molecule has 0 radical (unpaired) electrons. The maximum atomic E-state index is 14.6. The fourth-order valence-electron chi connectivity index (χ4n) is 9.11. The molecule has 8 rings (SSSR count). The third-order valence-corrected chi connectivity index (χ3v) is 11.2. The highest BCUT2D eigenvalue weighted by Gasteiger charge is 2.59. The highest BCUT2D eigenvalue weighted by Crippen LogP contribution is 2.56. The molecule has 49 heavy (non-hydrogen) atoms. The number of carbonyl (C=O) groups excluding carboxylic acids is 1. The predicted molar refractivity (Wildman–Crippen MR) is 182 cm³/mol. The molecule has 12 heteroatoms. The van der Waals surface area contributed by atoms with Crippen LogP contribution in [0.2, 0.25) is 0 Å². The molecule has 260 valence electrons. The van der Waals surface area contributed by atoms with E-state index in [0.717, 1.165) is 69.8 Å². The number of hydrogen-bond donors (Lipinski definition) is 0. The number of ether oxygens (including phenoxy) is 2. The van der Waals surface area contributed by atoms with E-state index in [9.17, 15) is 9.18 Å². The monoisotopic (exact) mass is 670 g/mol. The molecule has 5 heterocycles. The lowest BCUT2D eigenvalue weighted by Gasteiger charge is -2.63. The smallest absolute Gasteiger partial charge is 0.410 e. The van der Waals surface area contributed by atoms with Crippen LogP contribution in [0.1, 0.15) is 78.3 Å². The van der Waals surface area contributed by atoms with Crippen molar-refractivity contribution in [2.75, 3.05) is 44.2 Å². The van der Waals surface area contributed by atoms with Crippen LogP contribution < -0.4 is 9.64 Å². The molecule has 0 bridgehead atoms. The molecule has 1 atom stereocenters. The van der Waals surface area contributed by atoms with Gasteiger partial charge in [-0.3, -0.25) is 4.90 Å². The number of rotatable bonds is 8. The minimum absolute atomic E-state index is 0.184. The minimum Gasteiger partial charge on any atom is -0.444 e. The van der Waals surface area contributed by atoms with E-state index in [0.29, 0.717) is 46.8 Å². The highest BCUT2D eigenvalue weighted by molar-refractivity contribution is 5.73. The SMILES string of the molecule is CC(C)C(C1CC2(C1)CN(C(=O)OC(C)(C)C)C2)N1CC2(CCN(c3ncnnc3Oc3ccc(F)cc3-c3cncnc3C3CC3)C2)C1. The number of benzene rings is 1. The molecule has 0 N–H and O–H groups in total.